The number of hydrogen-bond acceptors (Lipinski definition) is 4. The van der Waals surface area contributed by atoms with Crippen LogP contribution >= 0.6 is 11.6 Å². The molecule has 2 aromatic rings. The summed E-state index contributed by atoms with van der Waals surface area (Å²) in [5.74, 6) is -0.518. The molecule has 0 saturated carbocycles. The highest BCUT2D eigenvalue weighted by molar-refractivity contribution is 6.32. The van der Waals surface area contributed by atoms with Crippen LogP contribution in [0.1, 0.15) is 16.1 Å². The summed E-state index contributed by atoms with van der Waals surface area (Å²) >= 11 is 5.61. The van der Waals surface area contributed by atoms with Gasteiger partial charge in [0, 0.05) is 0 Å². The van der Waals surface area contributed by atoms with Crippen molar-refractivity contribution in [2.75, 3.05) is 0 Å². The van der Waals surface area contributed by atoms with Crippen molar-refractivity contribution in [1.29, 1.82) is 0 Å². The van der Waals surface area contributed by atoms with Gasteiger partial charge in [-0.1, -0.05) is 41.9 Å². The minimum atomic E-state index is -0.518. The van der Waals surface area contributed by atoms with Crippen LogP contribution in [0.3, 0.4) is 0 Å². The standard InChI is InChI=1S/C10H8ClN5O/c11-9-8(13-16-14-9)10(17)15-12-6-7-4-2-1-3-5-7/h1-6H,(H,15,17)(H,13,14,16)/b12-6+. The first-order valence-electron chi connectivity index (χ1n) is 4.72. The molecule has 17 heavy (non-hydrogen) atoms. The van der Waals surface area contributed by atoms with Gasteiger partial charge in [-0.05, 0) is 5.56 Å². The smallest absolute Gasteiger partial charge is 0.265 e. The second-order valence-electron chi connectivity index (χ2n) is 3.07. The summed E-state index contributed by atoms with van der Waals surface area (Å²) in [6.45, 7) is 0. The van der Waals surface area contributed by atoms with E-state index in [1.165, 1.54) is 6.21 Å². The third-order valence-electron chi connectivity index (χ3n) is 1.90. The summed E-state index contributed by atoms with van der Waals surface area (Å²) in [5.41, 5.74) is 3.18. The van der Waals surface area contributed by atoms with Gasteiger partial charge < -0.3 is 0 Å². The average molecular weight is 250 g/mol. The highest BCUT2D eigenvalue weighted by Crippen LogP contribution is 2.06. The Bertz CT molecular complexity index is 537. The van der Waals surface area contributed by atoms with Crippen molar-refractivity contribution in [3.05, 3.63) is 46.7 Å². The van der Waals surface area contributed by atoms with E-state index in [4.69, 9.17) is 11.6 Å². The van der Waals surface area contributed by atoms with Gasteiger partial charge in [-0.15, -0.1) is 10.2 Å². The Kier molecular flexibility index (Phi) is 3.46. The molecule has 1 heterocycles. The minimum absolute atomic E-state index is 0.0110. The van der Waals surface area contributed by atoms with Gasteiger partial charge in [0.15, 0.2) is 10.8 Å². The molecule has 2 rings (SSSR count). The van der Waals surface area contributed by atoms with Crippen molar-refractivity contribution in [2.24, 2.45) is 5.10 Å². The molecular formula is C10H8ClN5O. The number of carbonyl (C=O) groups excluding carboxylic acids is 1. The van der Waals surface area contributed by atoms with Gasteiger partial charge in [-0.2, -0.15) is 10.3 Å². The zero-order chi connectivity index (χ0) is 12.1. The Labute approximate surface area is 102 Å². The summed E-state index contributed by atoms with van der Waals surface area (Å²) in [4.78, 5) is 11.5. The molecule has 0 saturated heterocycles. The number of hydrazone groups is 1. The van der Waals surface area contributed by atoms with Gasteiger partial charge >= 0.3 is 0 Å². The molecule has 0 aliphatic rings. The van der Waals surface area contributed by atoms with Gasteiger partial charge in [0.1, 0.15) is 0 Å². The van der Waals surface area contributed by atoms with Gasteiger partial charge in [0.05, 0.1) is 6.21 Å². The maximum Gasteiger partial charge on any atom is 0.295 e. The van der Waals surface area contributed by atoms with Crippen LogP contribution in [-0.2, 0) is 0 Å². The van der Waals surface area contributed by atoms with Crippen LogP contribution in [0.15, 0.2) is 35.4 Å². The molecule has 1 aromatic heterocycles. The van der Waals surface area contributed by atoms with E-state index in [1.54, 1.807) is 0 Å². The van der Waals surface area contributed by atoms with Crippen LogP contribution in [0.4, 0.5) is 0 Å². The molecule has 0 unspecified atom stereocenters. The first-order chi connectivity index (χ1) is 8.27. The predicted molar refractivity (Wildman–Crippen MR) is 62.9 cm³/mol. The second-order valence-corrected chi connectivity index (χ2v) is 3.43. The zero-order valence-electron chi connectivity index (χ0n) is 8.59. The topological polar surface area (TPSA) is 83.0 Å². The molecule has 6 nitrogen and oxygen atoms in total. The number of halogens is 1. The highest BCUT2D eigenvalue weighted by atomic mass is 35.5. The molecule has 2 N–H and O–H groups in total. The molecular weight excluding hydrogens is 242 g/mol. The van der Waals surface area contributed by atoms with Crippen molar-refractivity contribution in [3.63, 3.8) is 0 Å². The third-order valence-corrected chi connectivity index (χ3v) is 2.16. The first-order valence-corrected chi connectivity index (χ1v) is 5.10. The number of aromatic nitrogens is 3. The van der Waals surface area contributed by atoms with Crippen molar-refractivity contribution >= 4 is 23.7 Å². The lowest BCUT2D eigenvalue weighted by molar-refractivity contribution is 0.0950. The number of carbonyl (C=O) groups is 1. The molecule has 86 valence electrons. The Morgan fingerprint density at radius 2 is 2.12 bits per heavy atom. The maximum atomic E-state index is 11.5. The number of nitrogens with one attached hydrogen (secondary N) is 2. The number of rotatable bonds is 3. The van der Waals surface area contributed by atoms with E-state index in [2.05, 4.69) is 25.9 Å². The molecule has 0 aliphatic heterocycles. The van der Waals surface area contributed by atoms with E-state index in [1.807, 2.05) is 30.3 Å². The summed E-state index contributed by atoms with van der Waals surface area (Å²) < 4.78 is 0. The van der Waals surface area contributed by atoms with E-state index >= 15 is 0 Å². The zero-order valence-corrected chi connectivity index (χ0v) is 9.35. The van der Waals surface area contributed by atoms with Gasteiger partial charge in [0.25, 0.3) is 5.91 Å². The molecule has 1 aromatic carbocycles. The summed E-state index contributed by atoms with van der Waals surface area (Å²) in [6.07, 6.45) is 1.52. The lowest BCUT2D eigenvalue weighted by Crippen LogP contribution is -2.18. The van der Waals surface area contributed by atoms with Gasteiger partial charge in [-0.25, -0.2) is 5.43 Å². The monoisotopic (exact) mass is 249 g/mol. The number of amides is 1. The number of hydrogen-bond donors (Lipinski definition) is 2. The summed E-state index contributed by atoms with van der Waals surface area (Å²) in [7, 11) is 0. The van der Waals surface area contributed by atoms with Gasteiger partial charge in [0.2, 0.25) is 0 Å². The molecule has 1 amide bonds. The quantitative estimate of drug-likeness (QED) is 0.634. The number of nitrogens with zero attached hydrogens (tertiary/aromatic N) is 3. The van der Waals surface area contributed by atoms with Crippen molar-refractivity contribution < 1.29 is 4.79 Å². The third kappa shape index (κ3) is 2.88. The van der Waals surface area contributed by atoms with Crippen molar-refractivity contribution in [2.45, 2.75) is 0 Å². The van der Waals surface area contributed by atoms with E-state index in [9.17, 15) is 4.79 Å². The molecule has 7 heteroatoms. The Hall–Kier alpha value is -2.21. The fraction of sp³-hybridized carbons (Fsp3) is 0. The van der Waals surface area contributed by atoms with E-state index in [-0.39, 0.29) is 10.8 Å². The van der Waals surface area contributed by atoms with Crippen LogP contribution in [0.25, 0.3) is 0 Å². The molecule has 0 bridgehead atoms. The number of aromatic amines is 1. The SMILES string of the molecule is O=C(N/N=C/c1ccccc1)c1n[nH]nc1Cl. The molecule has 0 atom stereocenters. The molecule has 0 fully saturated rings. The maximum absolute atomic E-state index is 11.5. The Balaban J connectivity index is 1.98. The molecule has 0 spiro atoms. The van der Waals surface area contributed by atoms with Crippen LogP contribution in [-0.4, -0.2) is 27.5 Å². The molecule has 0 aliphatic carbocycles. The van der Waals surface area contributed by atoms with Gasteiger partial charge in [-0.3, -0.25) is 4.79 Å². The lowest BCUT2D eigenvalue weighted by atomic mass is 10.2. The largest absolute Gasteiger partial charge is 0.295 e. The minimum Gasteiger partial charge on any atom is -0.265 e. The van der Waals surface area contributed by atoms with Crippen LogP contribution < -0.4 is 5.43 Å². The first kappa shape index (κ1) is 11.3. The fourth-order valence-electron chi connectivity index (χ4n) is 1.12. The van der Waals surface area contributed by atoms with E-state index in [0.717, 1.165) is 5.56 Å². The number of H-pyrrole nitrogens is 1. The predicted octanol–water partition coefficient (Wildman–Crippen LogP) is 1.22. The normalized spacial score (nSPS) is 10.6. The van der Waals surface area contributed by atoms with Crippen LogP contribution in [0.2, 0.25) is 5.15 Å². The highest BCUT2D eigenvalue weighted by Gasteiger charge is 2.13. The number of benzene rings is 1. The van der Waals surface area contributed by atoms with E-state index in [0.29, 0.717) is 0 Å². The van der Waals surface area contributed by atoms with Crippen molar-refractivity contribution in [1.82, 2.24) is 20.8 Å². The summed E-state index contributed by atoms with van der Waals surface area (Å²) in [5, 5.41) is 13.1. The Morgan fingerprint density at radius 1 is 1.35 bits per heavy atom. The fourth-order valence-corrected chi connectivity index (χ4v) is 1.29. The van der Waals surface area contributed by atoms with Crippen LogP contribution in [0, 0.1) is 0 Å². The van der Waals surface area contributed by atoms with E-state index < -0.39 is 5.91 Å². The Morgan fingerprint density at radius 3 is 2.76 bits per heavy atom. The average Bonchev–Trinajstić information content (AvgIpc) is 2.77. The summed E-state index contributed by atoms with van der Waals surface area (Å²) in [6, 6.07) is 9.36. The second kappa shape index (κ2) is 5.22. The molecule has 0 radical (unpaired) electrons. The van der Waals surface area contributed by atoms with Crippen LogP contribution in [0.5, 0.6) is 0 Å². The lowest BCUT2D eigenvalue weighted by Gasteiger charge is -1.95. The van der Waals surface area contributed by atoms with Crippen molar-refractivity contribution in [3.8, 4) is 0 Å².